The Morgan fingerprint density at radius 1 is 0.312 bits per heavy atom. The van der Waals surface area contributed by atoms with Crippen molar-refractivity contribution < 1.29 is 15.0 Å². The van der Waals surface area contributed by atoms with Gasteiger partial charge in [-0.15, -0.1) is 0 Å². The summed E-state index contributed by atoms with van der Waals surface area (Å²) >= 11 is 0. The largest absolute Gasteiger partial charge is 0.394 e. The monoisotopic (exact) mass is 1110 g/mol. The van der Waals surface area contributed by atoms with Crippen LogP contribution < -0.4 is 5.32 Å². The van der Waals surface area contributed by atoms with Crippen LogP contribution in [0.5, 0.6) is 0 Å². The van der Waals surface area contributed by atoms with Crippen LogP contribution in [-0.2, 0) is 4.79 Å². The third-order valence-electron chi connectivity index (χ3n) is 15.5. The minimum atomic E-state index is -0.855. The van der Waals surface area contributed by atoms with Crippen LogP contribution in [0, 0.1) is 0 Å². The molecular formula is C76H133NO3. The van der Waals surface area contributed by atoms with E-state index in [0.717, 1.165) is 96.3 Å². The highest BCUT2D eigenvalue weighted by atomic mass is 16.3. The van der Waals surface area contributed by atoms with E-state index in [1.165, 1.54) is 218 Å². The van der Waals surface area contributed by atoms with Gasteiger partial charge in [0.1, 0.15) is 0 Å². The number of nitrogens with one attached hydrogen (secondary N) is 1. The maximum Gasteiger partial charge on any atom is 0.220 e. The fourth-order valence-electron chi connectivity index (χ4n) is 10.2. The van der Waals surface area contributed by atoms with E-state index in [0.29, 0.717) is 6.42 Å². The van der Waals surface area contributed by atoms with Gasteiger partial charge in [0, 0.05) is 6.42 Å². The molecule has 2 unspecified atom stereocenters. The van der Waals surface area contributed by atoms with Crippen molar-refractivity contribution in [2.24, 2.45) is 0 Å². The first-order valence-electron chi connectivity index (χ1n) is 34.7. The Labute approximate surface area is 499 Å². The fourth-order valence-corrected chi connectivity index (χ4v) is 10.2. The Hall–Kier alpha value is -3.21. The number of amides is 1. The van der Waals surface area contributed by atoms with E-state index in [9.17, 15) is 15.0 Å². The molecule has 0 saturated carbocycles. The highest BCUT2D eigenvalue weighted by Gasteiger charge is 2.18. The van der Waals surface area contributed by atoms with Crippen molar-refractivity contribution in [1.29, 1.82) is 0 Å². The topological polar surface area (TPSA) is 69.6 Å². The highest BCUT2D eigenvalue weighted by molar-refractivity contribution is 5.76. The van der Waals surface area contributed by atoms with Crippen LogP contribution in [0.2, 0.25) is 0 Å². The van der Waals surface area contributed by atoms with E-state index in [4.69, 9.17) is 0 Å². The molecule has 4 nitrogen and oxygen atoms in total. The molecule has 0 rings (SSSR count). The summed E-state index contributed by atoms with van der Waals surface area (Å²) in [5.74, 6) is -0.0763. The lowest BCUT2D eigenvalue weighted by Gasteiger charge is -2.20. The third kappa shape index (κ3) is 65.6. The number of hydrogen-bond donors (Lipinski definition) is 3. The molecule has 4 heteroatoms. The van der Waals surface area contributed by atoms with Gasteiger partial charge in [0.25, 0.3) is 0 Å². The van der Waals surface area contributed by atoms with Crippen LogP contribution in [0.1, 0.15) is 335 Å². The Bertz CT molecular complexity index is 1540. The van der Waals surface area contributed by atoms with Crippen LogP contribution in [-0.4, -0.2) is 34.9 Å². The van der Waals surface area contributed by atoms with Crippen LogP contribution >= 0.6 is 0 Å². The van der Waals surface area contributed by atoms with Gasteiger partial charge in [0.15, 0.2) is 0 Å². The van der Waals surface area contributed by atoms with Gasteiger partial charge >= 0.3 is 0 Å². The van der Waals surface area contributed by atoms with Crippen molar-refractivity contribution in [3.8, 4) is 0 Å². The lowest BCUT2D eigenvalue weighted by molar-refractivity contribution is -0.123. The van der Waals surface area contributed by atoms with E-state index < -0.39 is 12.1 Å². The van der Waals surface area contributed by atoms with E-state index in [-0.39, 0.29) is 12.5 Å². The average Bonchev–Trinajstić information content (AvgIpc) is 3.46. The van der Waals surface area contributed by atoms with Crippen molar-refractivity contribution in [3.05, 3.63) is 122 Å². The molecule has 0 aromatic heterocycles. The van der Waals surface area contributed by atoms with Gasteiger partial charge < -0.3 is 15.5 Å². The SMILES string of the molecule is CC/C=C\C/C=C\C/C=C\C/C=C\C/C=C\C/C=C\C/C=C\C/C=C\C/C=C\CCCCCCCCCC(=O)NC(CO)C(O)/C=C/CCCCCCCCCCCCCCCCCCCCCCCCCCCCCCCCC. The number of carbonyl (C=O) groups excluding carboxylic acids is 1. The number of hydrogen-bond acceptors (Lipinski definition) is 3. The van der Waals surface area contributed by atoms with Gasteiger partial charge in [-0.25, -0.2) is 0 Å². The first-order valence-corrected chi connectivity index (χ1v) is 34.7. The Morgan fingerprint density at radius 2 is 0.550 bits per heavy atom. The van der Waals surface area contributed by atoms with Crippen molar-refractivity contribution >= 4 is 5.91 Å². The van der Waals surface area contributed by atoms with Gasteiger partial charge in [-0.3, -0.25) is 4.79 Å². The second-order valence-corrected chi connectivity index (χ2v) is 23.2. The molecule has 3 N–H and O–H groups in total. The van der Waals surface area contributed by atoms with Crippen molar-refractivity contribution in [1.82, 2.24) is 5.32 Å². The maximum atomic E-state index is 12.5. The van der Waals surface area contributed by atoms with Crippen molar-refractivity contribution in [2.75, 3.05) is 6.61 Å². The molecule has 0 fully saturated rings. The number of carbonyl (C=O) groups is 1. The molecule has 0 aromatic carbocycles. The summed E-state index contributed by atoms with van der Waals surface area (Å²) in [6, 6.07) is -0.639. The summed E-state index contributed by atoms with van der Waals surface area (Å²) in [6.45, 7) is 4.21. The summed E-state index contributed by atoms with van der Waals surface area (Å²) in [7, 11) is 0. The minimum absolute atomic E-state index is 0.0763. The van der Waals surface area contributed by atoms with E-state index in [1.807, 2.05) is 6.08 Å². The lowest BCUT2D eigenvalue weighted by Crippen LogP contribution is -2.45. The molecule has 0 aromatic rings. The van der Waals surface area contributed by atoms with E-state index in [1.54, 1.807) is 6.08 Å². The lowest BCUT2D eigenvalue weighted by atomic mass is 10.0. The molecule has 0 aliphatic carbocycles. The number of rotatable bonds is 63. The van der Waals surface area contributed by atoms with Gasteiger partial charge in [0.2, 0.25) is 5.91 Å². The molecule has 1 amide bonds. The van der Waals surface area contributed by atoms with E-state index >= 15 is 0 Å². The highest BCUT2D eigenvalue weighted by Crippen LogP contribution is 2.18. The number of allylic oxidation sites excluding steroid dienone is 19. The summed E-state index contributed by atoms with van der Waals surface area (Å²) in [6.07, 6.45) is 107. The third-order valence-corrected chi connectivity index (χ3v) is 15.5. The van der Waals surface area contributed by atoms with Gasteiger partial charge in [0.05, 0.1) is 18.8 Å². The molecule has 0 spiro atoms. The average molecular weight is 1110 g/mol. The fraction of sp³-hybridized carbons (Fsp3) is 0.724. The van der Waals surface area contributed by atoms with Gasteiger partial charge in [-0.05, 0) is 89.9 Å². The number of aliphatic hydroxyl groups excluding tert-OH is 2. The minimum Gasteiger partial charge on any atom is -0.394 e. The smallest absolute Gasteiger partial charge is 0.220 e. The summed E-state index contributed by atoms with van der Waals surface area (Å²) in [5, 5.41) is 23.3. The number of aliphatic hydroxyl groups is 2. The molecule has 0 saturated heterocycles. The quantitative estimate of drug-likeness (QED) is 0.0420. The standard InChI is InChI=1S/C76H133NO3/c1-3-5-7-9-11-13-15-17-19-21-23-25-27-29-31-33-35-37-38-40-42-44-46-48-50-52-54-56-58-60-62-64-66-68-70-72-76(80)77-74(73-78)75(79)71-69-67-65-63-61-59-57-55-53-51-49-47-45-43-41-39-36-34-32-30-28-26-24-22-20-18-16-14-12-10-8-6-4-2/h5,7,11,13,17,19,23,25,29,31,35,37,40,42,46,48,52,54,69,71,74-75,78-79H,3-4,6,8-10,12,14-16,18,20-22,24,26-28,30,32-34,36,38-39,41,43-45,47,49-51,53,55-68,70,72-73H2,1-2H3,(H,77,80)/b7-5-,13-11-,19-17-,25-23-,31-29-,37-35-,42-40-,48-46-,54-52-,71-69+. The van der Waals surface area contributed by atoms with Crippen LogP contribution in [0.4, 0.5) is 0 Å². The van der Waals surface area contributed by atoms with E-state index in [2.05, 4.69) is 129 Å². The Kier molecular flexibility index (Phi) is 67.2. The molecule has 0 radical (unpaired) electrons. The Balaban J connectivity index is 3.55. The molecule has 2 atom stereocenters. The zero-order chi connectivity index (χ0) is 57.6. The predicted molar refractivity (Wildman–Crippen MR) is 359 cm³/mol. The predicted octanol–water partition coefficient (Wildman–Crippen LogP) is 23.9. The van der Waals surface area contributed by atoms with Gasteiger partial charge in [-0.1, -0.05) is 360 Å². The van der Waals surface area contributed by atoms with Gasteiger partial charge in [-0.2, -0.15) is 0 Å². The van der Waals surface area contributed by atoms with Crippen LogP contribution in [0.3, 0.4) is 0 Å². The second kappa shape index (κ2) is 70.1. The first kappa shape index (κ1) is 76.8. The summed E-state index contributed by atoms with van der Waals surface area (Å²) < 4.78 is 0. The second-order valence-electron chi connectivity index (χ2n) is 23.2. The molecule has 80 heavy (non-hydrogen) atoms. The van der Waals surface area contributed by atoms with Crippen LogP contribution in [0.25, 0.3) is 0 Å². The molecular weight excluding hydrogens is 975 g/mol. The number of unbranched alkanes of at least 4 members (excludes halogenated alkanes) is 38. The maximum absolute atomic E-state index is 12.5. The molecule has 460 valence electrons. The molecule has 0 aliphatic rings. The normalized spacial score (nSPS) is 13.5. The summed E-state index contributed by atoms with van der Waals surface area (Å²) in [5.41, 5.74) is 0. The zero-order valence-electron chi connectivity index (χ0n) is 53.1. The molecule has 0 aliphatic heterocycles. The first-order chi connectivity index (χ1) is 39.7. The van der Waals surface area contributed by atoms with Crippen molar-refractivity contribution in [3.63, 3.8) is 0 Å². The molecule has 0 heterocycles. The zero-order valence-corrected chi connectivity index (χ0v) is 53.1. The van der Waals surface area contributed by atoms with Crippen LogP contribution in [0.15, 0.2) is 122 Å². The summed E-state index contributed by atoms with van der Waals surface area (Å²) in [4.78, 5) is 12.5. The van der Waals surface area contributed by atoms with Crippen molar-refractivity contribution in [2.45, 2.75) is 347 Å². The Morgan fingerprint density at radius 3 is 0.825 bits per heavy atom. The molecule has 0 bridgehead atoms.